The summed E-state index contributed by atoms with van der Waals surface area (Å²) in [6.45, 7) is 7.88. The predicted molar refractivity (Wildman–Crippen MR) is 249 cm³/mol. The van der Waals surface area contributed by atoms with Crippen molar-refractivity contribution in [1.29, 1.82) is 0 Å². The molecule has 2 aliphatic rings. The van der Waals surface area contributed by atoms with Crippen LogP contribution in [0, 0.1) is 17.8 Å². The molecular weight excluding hydrogens is 905 g/mol. The van der Waals surface area contributed by atoms with Gasteiger partial charge in [0, 0.05) is 26.1 Å². The van der Waals surface area contributed by atoms with Crippen molar-refractivity contribution >= 4 is 65.0 Å². The topological polar surface area (TPSA) is 392 Å². The van der Waals surface area contributed by atoms with Gasteiger partial charge in [-0.25, -0.2) is 4.79 Å². The Kier molecular flexibility index (Phi) is 26.2. The van der Waals surface area contributed by atoms with Crippen molar-refractivity contribution in [2.45, 2.75) is 148 Å². The van der Waals surface area contributed by atoms with E-state index in [9.17, 15) is 63.0 Å². The number of carboxylic acids is 1. The van der Waals surface area contributed by atoms with Crippen LogP contribution in [0.5, 0.6) is 0 Å². The second-order valence-corrected chi connectivity index (χ2v) is 18.5. The molecular formula is C44H76N12O13. The Bertz CT molecular complexity index is 1800. The zero-order valence-electron chi connectivity index (χ0n) is 40.5. The summed E-state index contributed by atoms with van der Waals surface area (Å²) in [5.74, 6) is -8.34. The van der Waals surface area contributed by atoms with Gasteiger partial charge in [-0.1, -0.05) is 27.7 Å². The molecule has 2 aliphatic heterocycles. The Morgan fingerprint density at radius 1 is 0.667 bits per heavy atom. The second kappa shape index (κ2) is 30.5. The van der Waals surface area contributed by atoms with E-state index >= 15 is 0 Å². The normalized spacial score (nSPS) is 18.7. The predicted octanol–water partition coefficient (Wildman–Crippen LogP) is -4.30. The summed E-state index contributed by atoms with van der Waals surface area (Å²) in [6, 6.07) is -7.46. The second-order valence-electron chi connectivity index (χ2n) is 18.5. The molecule has 0 spiro atoms. The number of primary amides is 1. The van der Waals surface area contributed by atoms with E-state index in [0.717, 1.165) is 0 Å². The molecule has 69 heavy (non-hydrogen) atoms. The van der Waals surface area contributed by atoms with Gasteiger partial charge in [0.2, 0.25) is 59.1 Å². The van der Waals surface area contributed by atoms with E-state index in [-0.39, 0.29) is 69.4 Å². The molecule has 2 saturated heterocycles. The first kappa shape index (κ1) is 59.2. The first-order chi connectivity index (χ1) is 32.6. The van der Waals surface area contributed by atoms with Crippen molar-refractivity contribution in [3.05, 3.63) is 0 Å². The molecule has 15 N–H and O–H groups in total. The van der Waals surface area contributed by atoms with Gasteiger partial charge in [0.25, 0.3) is 0 Å². The number of aliphatic hydroxyl groups excluding tert-OH is 1. The zero-order valence-corrected chi connectivity index (χ0v) is 40.5. The minimum Gasteiger partial charge on any atom is -0.480 e. The van der Waals surface area contributed by atoms with Gasteiger partial charge < -0.3 is 74.4 Å². The summed E-state index contributed by atoms with van der Waals surface area (Å²) >= 11 is 0. The minimum atomic E-state index is -1.24. The maximum Gasteiger partial charge on any atom is 0.326 e. The summed E-state index contributed by atoms with van der Waals surface area (Å²) in [6.07, 6.45) is 2.63. The van der Waals surface area contributed by atoms with Gasteiger partial charge in [0.1, 0.15) is 36.3 Å². The van der Waals surface area contributed by atoms with Crippen LogP contribution in [-0.4, -0.2) is 168 Å². The lowest BCUT2D eigenvalue weighted by Crippen LogP contribution is -2.57. The molecule has 25 nitrogen and oxygen atoms in total. The molecule has 10 amide bonds. The Balaban J connectivity index is 1.99. The van der Waals surface area contributed by atoms with E-state index < -0.39 is 127 Å². The van der Waals surface area contributed by atoms with Crippen molar-refractivity contribution in [2.75, 3.05) is 45.9 Å². The number of unbranched alkanes of at least 4 members (excludes halogenated alkanes) is 1. The van der Waals surface area contributed by atoms with E-state index in [4.69, 9.17) is 11.5 Å². The van der Waals surface area contributed by atoms with Gasteiger partial charge in [-0.3, -0.25) is 47.9 Å². The van der Waals surface area contributed by atoms with Crippen LogP contribution in [0.15, 0.2) is 0 Å². The highest BCUT2D eigenvalue weighted by Crippen LogP contribution is 2.18. The maximum absolute atomic E-state index is 13.6. The average molecular weight is 981 g/mol. The SMILES string of the molecule is CC(C)C[C@H](NC(=O)CNC(=O)[C@H](CC(C)C)NC(=O)[C@H](CCCC(N)=O)NC(=O)CNC(=O)[C@@H]1C[C@@H](CO)CN1)C(=O)N[C@@H](C)C(=O)NCC(=O)N1CCC[C@H]1C(=O)N[C@@H](CCCCN)C(=O)O. The molecule has 0 radical (unpaired) electrons. The quantitative estimate of drug-likeness (QED) is 0.0293. The third-order valence-electron chi connectivity index (χ3n) is 11.5. The smallest absolute Gasteiger partial charge is 0.326 e. The molecule has 2 heterocycles. The summed E-state index contributed by atoms with van der Waals surface area (Å²) < 4.78 is 0. The average Bonchev–Trinajstić information content (AvgIpc) is 3.99. The monoisotopic (exact) mass is 981 g/mol. The number of amides is 10. The summed E-state index contributed by atoms with van der Waals surface area (Å²) in [5, 5.41) is 42.0. The third-order valence-corrected chi connectivity index (χ3v) is 11.5. The number of nitrogens with zero attached hydrogens (tertiary/aromatic N) is 1. The lowest BCUT2D eigenvalue weighted by atomic mass is 10.0. The number of carboxylic acid groups (broad SMARTS) is 1. The number of aliphatic hydroxyl groups is 1. The molecule has 0 saturated carbocycles. The number of nitrogens with two attached hydrogens (primary N) is 2. The summed E-state index contributed by atoms with van der Waals surface area (Å²) in [5.41, 5.74) is 10.8. The molecule has 0 unspecified atom stereocenters. The van der Waals surface area contributed by atoms with Crippen LogP contribution in [0.2, 0.25) is 0 Å². The van der Waals surface area contributed by atoms with Crippen LogP contribution in [-0.2, 0) is 52.7 Å². The number of carbonyl (C=O) groups is 11. The van der Waals surface area contributed by atoms with Crippen molar-refractivity contribution in [2.24, 2.45) is 29.2 Å². The third kappa shape index (κ3) is 21.9. The number of aliphatic carboxylic acids is 1. The van der Waals surface area contributed by atoms with Crippen LogP contribution < -0.4 is 59.3 Å². The van der Waals surface area contributed by atoms with E-state index in [1.165, 1.54) is 11.8 Å². The van der Waals surface area contributed by atoms with E-state index in [1.54, 1.807) is 27.7 Å². The molecule has 2 fully saturated rings. The van der Waals surface area contributed by atoms with Gasteiger partial charge >= 0.3 is 5.97 Å². The molecule has 0 aromatic carbocycles. The number of carbonyl (C=O) groups excluding carboxylic acids is 10. The van der Waals surface area contributed by atoms with E-state index in [1.807, 2.05) is 0 Å². The van der Waals surface area contributed by atoms with Crippen LogP contribution in [0.1, 0.15) is 105 Å². The lowest BCUT2D eigenvalue weighted by molar-refractivity contribution is -0.144. The minimum absolute atomic E-state index is 0.0409. The summed E-state index contributed by atoms with van der Waals surface area (Å²) in [4.78, 5) is 143. The van der Waals surface area contributed by atoms with Crippen LogP contribution in [0.3, 0.4) is 0 Å². The molecule has 0 bridgehead atoms. The molecule has 390 valence electrons. The van der Waals surface area contributed by atoms with Crippen LogP contribution >= 0.6 is 0 Å². The van der Waals surface area contributed by atoms with Gasteiger partial charge in [0.05, 0.1) is 25.7 Å². The Hall–Kier alpha value is -5.95. The molecule has 25 heteroatoms. The van der Waals surface area contributed by atoms with Crippen molar-refractivity contribution in [1.82, 2.24) is 52.8 Å². The van der Waals surface area contributed by atoms with Gasteiger partial charge in [0.15, 0.2) is 0 Å². The highest BCUT2D eigenvalue weighted by Gasteiger charge is 2.37. The molecule has 0 aromatic heterocycles. The summed E-state index contributed by atoms with van der Waals surface area (Å²) in [7, 11) is 0. The fourth-order valence-corrected chi connectivity index (χ4v) is 7.80. The number of hydrogen-bond donors (Lipinski definition) is 13. The van der Waals surface area contributed by atoms with Gasteiger partial charge in [-0.2, -0.15) is 0 Å². The van der Waals surface area contributed by atoms with E-state index in [2.05, 4.69) is 47.9 Å². The van der Waals surface area contributed by atoms with Crippen molar-refractivity contribution < 1.29 is 63.0 Å². The first-order valence-corrected chi connectivity index (χ1v) is 23.7. The standard InChI is InChI=1S/C44H76N12O13/c1-24(2)16-31(55-41(65)28(11-8-13-34(46)58)52-35(59)20-48-39(63)30-18-27(23-57)19-47-30)40(64)49-21-36(60)53-32(17-25(3)4)42(66)51-26(5)38(62)50-22-37(61)56-15-9-12-33(56)43(67)54-29(44(68)69)10-6-7-14-45/h24-33,47,57H,6-23,45H2,1-5H3,(H2,46,58)(H,48,63)(H,49,64)(H,50,62)(H,51,66)(H,52,59)(H,53,60)(H,54,67)(H,55,65)(H,68,69)/t26-,27+,28-,29-,30-,31-,32-,33-/m0/s1. The highest BCUT2D eigenvalue weighted by molar-refractivity contribution is 5.97. The fourth-order valence-electron chi connectivity index (χ4n) is 7.80. The largest absolute Gasteiger partial charge is 0.480 e. The van der Waals surface area contributed by atoms with Gasteiger partial charge in [-0.05, 0) is 95.4 Å². The zero-order chi connectivity index (χ0) is 51.8. The number of rotatable bonds is 31. The van der Waals surface area contributed by atoms with Crippen LogP contribution in [0.25, 0.3) is 0 Å². The highest BCUT2D eigenvalue weighted by atomic mass is 16.4. The van der Waals surface area contributed by atoms with Crippen molar-refractivity contribution in [3.8, 4) is 0 Å². The number of nitrogens with one attached hydrogen (secondary N) is 9. The van der Waals surface area contributed by atoms with Crippen molar-refractivity contribution in [3.63, 3.8) is 0 Å². The van der Waals surface area contributed by atoms with Gasteiger partial charge in [-0.15, -0.1) is 0 Å². The Labute approximate surface area is 402 Å². The maximum atomic E-state index is 13.6. The first-order valence-electron chi connectivity index (χ1n) is 23.7. The molecule has 0 aromatic rings. The molecule has 2 rings (SSSR count). The Morgan fingerprint density at radius 3 is 1.83 bits per heavy atom. The molecule has 0 aliphatic carbocycles. The number of hydrogen-bond acceptors (Lipinski definition) is 14. The Morgan fingerprint density at radius 2 is 1.25 bits per heavy atom. The fraction of sp³-hybridized carbons (Fsp3) is 0.750. The van der Waals surface area contributed by atoms with Crippen LogP contribution in [0.4, 0.5) is 0 Å². The van der Waals surface area contributed by atoms with E-state index in [0.29, 0.717) is 45.2 Å². The molecule has 8 atom stereocenters. The lowest BCUT2D eigenvalue weighted by Gasteiger charge is -2.26. The number of likely N-dealkylation sites (tertiary alicyclic amines) is 1.